The number of benzene rings is 1. The number of nitrogens with zero attached hydrogens (tertiary/aromatic N) is 1. The van der Waals surface area contributed by atoms with Crippen LogP contribution in [0.3, 0.4) is 0 Å². The van der Waals surface area contributed by atoms with E-state index in [-0.39, 0.29) is 0 Å². The van der Waals surface area contributed by atoms with E-state index in [2.05, 4.69) is 29.2 Å². The molecule has 0 saturated carbocycles. The molecule has 0 amide bonds. The Bertz CT molecular complexity index is 350. The van der Waals surface area contributed by atoms with Gasteiger partial charge in [-0.05, 0) is 24.5 Å². The molecule has 2 heteroatoms. The van der Waals surface area contributed by atoms with Crippen LogP contribution in [0.1, 0.15) is 12.0 Å². The van der Waals surface area contributed by atoms with Crippen LogP contribution in [0.2, 0.25) is 0 Å². The highest BCUT2D eigenvalue weighted by Crippen LogP contribution is 2.39. The van der Waals surface area contributed by atoms with Crippen molar-refractivity contribution >= 4 is 5.69 Å². The van der Waals surface area contributed by atoms with E-state index in [4.69, 9.17) is 5.11 Å². The first-order chi connectivity index (χ1) is 6.88. The molecule has 1 fully saturated rings. The first-order valence-electron chi connectivity index (χ1n) is 5.34. The Morgan fingerprint density at radius 1 is 1.36 bits per heavy atom. The second-order valence-corrected chi connectivity index (χ2v) is 4.42. The highest BCUT2D eigenvalue weighted by molar-refractivity contribution is 5.60. The van der Waals surface area contributed by atoms with Crippen molar-refractivity contribution in [2.45, 2.75) is 18.9 Å². The number of aliphatic hydroxyl groups is 1. The zero-order chi connectivity index (χ0) is 9.54. The van der Waals surface area contributed by atoms with Gasteiger partial charge in [-0.3, -0.25) is 0 Å². The van der Waals surface area contributed by atoms with Crippen molar-refractivity contribution in [3.63, 3.8) is 0 Å². The second kappa shape index (κ2) is 2.99. The van der Waals surface area contributed by atoms with Crippen molar-refractivity contribution in [2.75, 3.05) is 18.1 Å². The Morgan fingerprint density at radius 2 is 2.21 bits per heavy atom. The van der Waals surface area contributed by atoms with Gasteiger partial charge >= 0.3 is 0 Å². The molecule has 2 nitrogen and oxygen atoms in total. The Labute approximate surface area is 84.2 Å². The summed E-state index contributed by atoms with van der Waals surface area (Å²) in [5.74, 6) is 0.494. The van der Waals surface area contributed by atoms with E-state index in [0.29, 0.717) is 18.6 Å². The average Bonchev–Trinajstić information content (AvgIpc) is 2.73. The van der Waals surface area contributed by atoms with Crippen molar-refractivity contribution in [2.24, 2.45) is 5.92 Å². The van der Waals surface area contributed by atoms with Crippen LogP contribution < -0.4 is 4.90 Å². The third-order valence-electron chi connectivity index (χ3n) is 3.52. The minimum atomic E-state index is 0.342. The molecule has 1 aromatic carbocycles. The largest absolute Gasteiger partial charge is 0.396 e. The highest BCUT2D eigenvalue weighted by atomic mass is 16.3. The Morgan fingerprint density at radius 3 is 3.07 bits per heavy atom. The molecule has 0 aliphatic carbocycles. The molecular formula is C12H15NO. The minimum Gasteiger partial charge on any atom is -0.396 e. The Balaban J connectivity index is 1.92. The summed E-state index contributed by atoms with van der Waals surface area (Å²) in [7, 11) is 0. The summed E-state index contributed by atoms with van der Waals surface area (Å²) in [4.78, 5) is 2.47. The summed E-state index contributed by atoms with van der Waals surface area (Å²) in [6.07, 6.45) is 2.33. The first kappa shape index (κ1) is 8.30. The lowest BCUT2D eigenvalue weighted by Crippen LogP contribution is -2.24. The second-order valence-electron chi connectivity index (χ2n) is 4.42. The molecule has 2 heterocycles. The molecule has 14 heavy (non-hydrogen) atoms. The van der Waals surface area contributed by atoms with Gasteiger partial charge in [0.1, 0.15) is 0 Å². The predicted octanol–water partition coefficient (Wildman–Crippen LogP) is 1.43. The normalized spacial score (nSPS) is 29.1. The monoisotopic (exact) mass is 189 g/mol. The smallest absolute Gasteiger partial charge is 0.0476 e. The van der Waals surface area contributed by atoms with E-state index >= 15 is 0 Å². The van der Waals surface area contributed by atoms with E-state index in [1.807, 2.05) is 0 Å². The van der Waals surface area contributed by atoms with Gasteiger partial charge in [0.05, 0.1) is 0 Å². The van der Waals surface area contributed by atoms with E-state index in [1.165, 1.54) is 17.7 Å². The van der Waals surface area contributed by atoms with E-state index in [0.717, 1.165) is 13.0 Å². The molecule has 2 atom stereocenters. The van der Waals surface area contributed by atoms with Crippen molar-refractivity contribution in [1.29, 1.82) is 0 Å². The van der Waals surface area contributed by atoms with Crippen molar-refractivity contribution < 1.29 is 5.11 Å². The lowest BCUT2D eigenvalue weighted by molar-refractivity contribution is 0.236. The van der Waals surface area contributed by atoms with Crippen LogP contribution in [-0.2, 0) is 6.42 Å². The maximum absolute atomic E-state index is 9.14. The fourth-order valence-corrected chi connectivity index (χ4v) is 2.85. The number of anilines is 1. The van der Waals surface area contributed by atoms with Gasteiger partial charge in [-0.25, -0.2) is 0 Å². The molecule has 0 radical (unpaired) electrons. The molecule has 2 aliphatic rings. The number of rotatable bonds is 1. The third-order valence-corrected chi connectivity index (χ3v) is 3.52. The Hall–Kier alpha value is -1.02. The first-order valence-corrected chi connectivity index (χ1v) is 5.34. The van der Waals surface area contributed by atoms with Gasteiger partial charge in [-0.15, -0.1) is 0 Å². The summed E-state index contributed by atoms with van der Waals surface area (Å²) in [5, 5.41) is 9.14. The summed E-state index contributed by atoms with van der Waals surface area (Å²) in [6, 6.07) is 9.30. The number of para-hydroxylation sites is 1. The van der Waals surface area contributed by atoms with Crippen LogP contribution in [0.15, 0.2) is 24.3 Å². The summed E-state index contributed by atoms with van der Waals surface area (Å²) < 4.78 is 0. The quantitative estimate of drug-likeness (QED) is 0.722. The molecule has 0 spiro atoms. The van der Waals surface area contributed by atoms with Gasteiger partial charge in [0, 0.05) is 30.8 Å². The van der Waals surface area contributed by atoms with Crippen molar-refractivity contribution in [1.82, 2.24) is 0 Å². The van der Waals surface area contributed by atoms with Gasteiger partial charge in [0.2, 0.25) is 0 Å². The molecule has 1 N–H and O–H groups in total. The van der Waals surface area contributed by atoms with Crippen LogP contribution in [0.5, 0.6) is 0 Å². The van der Waals surface area contributed by atoms with E-state index in [9.17, 15) is 0 Å². The minimum absolute atomic E-state index is 0.342. The van der Waals surface area contributed by atoms with Crippen molar-refractivity contribution in [3.8, 4) is 0 Å². The van der Waals surface area contributed by atoms with Crippen molar-refractivity contribution in [3.05, 3.63) is 29.8 Å². The van der Waals surface area contributed by atoms with Gasteiger partial charge in [-0.1, -0.05) is 18.2 Å². The van der Waals surface area contributed by atoms with Crippen LogP contribution >= 0.6 is 0 Å². The number of hydrogen-bond donors (Lipinski definition) is 1. The highest BCUT2D eigenvalue weighted by Gasteiger charge is 2.37. The summed E-state index contributed by atoms with van der Waals surface area (Å²) in [5.41, 5.74) is 2.88. The number of aliphatic hydroxyl groups excluding tert-OH is 1. The van der Waals surface area contributed by atoms with Crippen LogP contribution in [0, 0.1) is 5.92 Å². The summed E-state index contributed by atoms with van der Waals surface area (Å²) >= 11 is 0. The molecule has 0 aromatic heterocycles. The third kappa shape index (κ3) is 1.07. The molecule has 1 aromatic rings. The van der Waals surface area contributed by atoms with Gasteiger partial charge in [0.15, 0.2) is 0 Å². The lowest BCUT2D eigenvalue weighted by atomic mass is 10.0. The standard InChI is InChI=1S/C12H15NO/c14-8-9-5-11-6-10-3-1-2-4-12(10)13(11)7-9/h1-4,9,11,14H,5-8H2/t9-,11-/m1/s1. The zero-order valence-corrected chi connectivity index (χ0v) is 8.19. The average molecular weight is 189 g/mol. The molecular weight excluding hydrogens is 174 g/mol. The molecule has 3 rings (SSSR count). The van der Waals surface area contributed by atoms with Crippen LogP contribution in [0.4, 0.5) is 5.69 Å². The Kier molecular flexibility index (Phi) is 1.77. The zero-order valence-electron chi connectivity index (χ0n) is 8.19. The molecule has 1 saturated heterocycles. The number of hydrogen-bond acceptors (Lipinski definition) is 2. The molecule has 0 unspecified atom stereocenters. The SMILES string of the molecule is OC[C@@H]1C[C@@H]2Cc3ccccc3N2C1. The topological polar surface area (TPSA) is 23.5 Å². The van der Waals surface area contributed by atoms with Crippen LogP contribution in [0.25, 0.3) is 0 Å². The van der Waals surface area contributed by atoms with Gasteiger partial charge in [0.25, 0.3) is 0 Å². The molecule has 74 valence electrons. The number of fused-ring (bicyclic) bond motifs is 3. The van der Waals surface area contributed by atoms with E-state index in [1.54, 1.807) is 0 Å². The fourth-order valence-electron chi connectivity index (χ4n) is 2.85. The fraction of sp³-hybridized carbons (Fsp3) is 0.500. The molecule has 2 aliphatic heterocycles. The lowest BCUT2D eigenvalue weighted by Gasteiger charge is -2.18. The summed E-state index contributed by atoms with van der Waals surface area (Å²) in [6.45, 7) is 1.38. The van der Waals surface area contributed by atoms with Gasteiger partial charge < -0.3 is 10.0 Å². The predicted molar refractivity (Wildman–Crippen MR) is 56.5 cm³/mol. The van der Waals surface area contributed by atoms with Gasteiger partial charge in [-0.2, -0.15) is 0 Å². The van der Waals surface area contributed by atoms with Crippen LogP contribution in [-0.4, -0.2) is 24.3 Å². The molecule has 0 bridgehead atoms. The maximum Gasteiger partial charge on any atom is 0.0476 e. The maximum atomic E-state index is 9.14. The van der Waals surface area contributed by atoms with E-state index < -0.39 is 0 Å².